The van der Waals surface area contributed by atoms with Crippen LogP contribution < -0.4 is 11.2 Å². The molecule has 4 nitrogen and oxygen atoms in total. The summed E-state index contributed by atoms with van der Waals surface area (Å²) in [5.74, 6) is 0. The Morgan fingerprint density at radius 3 is 2.25 bits per heavy atom. The third-order valence-corrected chi connectivity index (χ3v) is 2.53. The predicted octanol–water partition coefficient (Wildman–Crippen LogP) is 0.751. The molecule has 2 rings (SSSR count). The minimum atomic E-state index is -0.315. The topological polar surface area (TPSA) is 44.0 Å². The van der Waals surface area contributed by atoms with Crippen LogP contribution in [0.3, 0.4) is 0 Å². The van der Waals surface area contributed by atoms with Gasteiger partial charge in [-0.3, -0.25) is 9.36 Å². The Bertz CT molecular complexity index is 624. The largest absolute Gasteiger partial charge is 0.330 e. The van der Waals surface area contributed by atoms with E-state index < -0.39 is 0 Å². The summed E-state index contributed by atoms with van der Waals surface area (Å²) in [4.78, 5) is 23.4. The molecule has 0 amide bonds. The van der Waals surface area contributed by atoms with Gasteiger partial charge in [-0.25, -0.2) is 4.79 Å². The summed E-state index contributed by atoms with van der Waals surface area (Å²) < 4.78 is 2.52. The first-order valence-electron chi connectivity index (χ1n) is 4.93. The molecule has 0 aliphatic carbocycles. The van der Waals surface area contributed by atoms with Crippen molar-refractivity contribution >= 4 is 0 Å². The zero-order valence-electron chi connectivity index (χ0n) is 9.18. The van der Waals surface area contributed by atoms with E-state index in [1.807, 2.05) is 30.3 Å². The molecule has 1 heterocycles. The van der Waals surface area contributed by atoms with Gasteiger partial charge in [0.2, 0.25) is 0 Å². The molecule has 0 saturated heterocycles. The summed E-state index contributed by atoms with van der Waals surface area (Å²) in [6.07, 6.45) is 1.57. The fourth-order valence-electron chi connectivity index (χ4n) is 1.62. The van der Waals surface area contributed by atoms with Crippen LogP contribution in [0.4, 0.5) is 0 Å². The maximum Gasteiger partial charge on any atom is 0.330 e. The molecule has 16 heavy (non-hydrogen) atoms. The normalized spacial score (nSPS) is 10.4. The summed E-state index contributed by atoms with van der Waals surface area (Å²) >= 11 is 0. The zero-order valence-corrected chi connectivity index (χ0v) is 9.18. The first kappa shape index (κ1) is 10.4. The van der Waals surface area contributed by atoms with Crippen molar-refractivity contribution in [3.8, 4) is 11.1 Å². The van der Waals surface area contributed by atoms with Gasteiger partial charge in [-0.05, 0) is 5.56 Å². The molecule has 0 N–H and O–H groups in total. The molecule has 0 fully saturated rings. The summed E-state index contributed by atoms with van der Waals surface area (Å²) in [6.45, 7) is 0. The van der Waals surface area contributed by atoms with E-state index in [1.165, 1.54) is 11.6 Å². The van der Waals surface area contributed by atoms with Crippen LogP contribution in [0.5, 0.6) is 0 Å². The minimum Gasteiger partial charge on any atom is -0.303 e. The second kappa shape index (κ2) is 3.81. The number of hydrogen-bond acceptors (Lipinski definition) is 2. The van der Waals surface area contributed by atoms with Crippen LogP contribution in [-0.4, -0.2) is 9.13 Å². The highest BCUT2D eigenvalue weighted by Crippen LogP contribution is 2.12. The number of aryl methyl sites for hydroxylation is 1. The van der Waals surface area contributed by atoms with E-state index in [2.05, 4.69) is 0 Å². The van der Waals surface area contributed by atoms with Crippen molar-refractivity contribution in [3.63, 3.8) is 0 Å². The van der Waals surface area contributed by atoms with Crippen LogP contribution in [0.2, 0.25) is 0 Å². The van der Waals surface area contributed by atoms with Gasteiger partial charge in [-0.1, -0.05) is 30.3 Å². The monoisotopic (exact) mass is 216 g/mol. The maximum atomic E-state index is 11.9. The van der Waals surface area contributed by atoms with Crippen LogP contribution in [0, 0.1) is 0 Å². The standard InChI is InChI=1S/C12H12N2O2/c1-13-8-10(9-6-4-3-5-7-9)11(15)14(2)12(13)16/h3-8H,1-2H3. The summed E-state index contributed by atoms with van der Waals surface area (Å²) in [7, 11) is 3.12. The zero-order chi connectivity index (χ0) is 11.7. The average Bonchev–Trinajstić information content (AvgIpc) is 2.32. The second-order valence-electron chi connectivity index (χ2n) is 3.67. The van der Waals surface area contributed by atoms with Crippen molar-refractivity contribution in [1.82, 2.24) is 9.13 Å². The van der Waals surface area contributed by atoms with Crippen LogP contribution >= 0.6 is 0 Å². The molecule has 2 aromatic rings. The molecule has 0 spiro atoms. The third kappa shape index (κ3) is 1.58. The van der Waals surface area contributed by atoms with E-state index in [-0.39, 0.29) is 11.2 Å². The molecule has 0 saturated carbocycles. The minimum absolute atomic E-state index is 0.269. The molecule has 82 valence electrons. The molecule has 0 bridgehead atoms. The van der Waals surface area contributed by atoms with Gasteiger partial charge in [0.25, 0.3) is 5.56 Å². The highest BCUT2D eigenvalue weighted by atomic mass is 16.2. The lowest BCUT2D eigenvalue weighted by molar-refractivity contribution is 0.688. The highest BCUT2D eigenvalue weighted by Gasteiger charge is 2.07. The number of rotatable bonds is 1. The maximum absolute atomic E-state index is 11.9. The fourth-order valence-corrected chi connectivity index (χ4v) is 1.62. The Morgan fingerprint density at radius 2 is 1.62 bits per heavy atom. The molecule has 1 aromatic heterocycles. The number of hydrogen-bond donors (Lipinski definition) is 0. The van der Waals surface area contributed by atoms with Crippen molar-refractivity contribution in [1.29, 1.82) is 0 Å². The lowest BCUT2D eigenvalue weighted by Crippen LogP contribution is -2.37. The van der Waals surface area contributed by atoms with Crippen molar-refractivity contribution < 1.29 is 0 Å². The van der Waals surface area contributed by atoms with Crippen LogP contribution in [0.15, 0.2) is 46.1 Å². The smallest absolute Gasteiger partial charge is 0.303 e. The van der Waals surface area contributed by atoms with Gasteiger partial charge in [0.15, 0.2) is 0 Å². The number of nitrogens with zero attached hydrogens (tertiary/aromatic N) is 2. The predicted molar refractivity (Wildman–Crippen MR) is 62.4 cm³/mol. The van der Waals surface area contributed by atoms with Crippen molar-refractivity contribution in [2.24, 2.45) is 14.1 Å². The number of aromatic nitrogens is 2. The Labute approximate surface area is 92.4 Å². The van der Waals surface area contributed by atoms with Gasteiger partial charge in [-0.2, -0.15) is 0 Å². The number of benzene rings is 1. The average molecular weight is 216 g/mol. The van der Waals surface area contributed by atoms with Crippen LogP contribution in [0.1, 0.15) is 0 Å². The van der Waals surface area contributed by atoms with Gasteiger partial charge in [-0.15, -0.1) is 0 Å². The molecule has 0 radical (unpaired) electrons. The SMILES string of the molecule is Cn1cc(-c2ccccc2)c(=O)n(C)c1=O. The molecule has 0 aliphatic heterocycles. The quantitative estimate of drug-likeness (QED) is 0.706. The van der Waals surface area contributed by atoms with E-state index in [9.17, 15) is 9.59 Å². The molecular weight excluding hydrogens is 204 g/mol. The van der Waals surface area contributed by atoms with Gasteiger partial charge in [0.05, 0.1) is 5.56 Å². The summed E-state index contributed by atoms with van der Waals surface area (Å²) in [6, 6.07) is 9.30. The van der Waals surface area contributed by atoms with Crippen LogP contribution in [0.25, 0.3) is 11.1 Å². The van der Waals surface area contributed by atoms with Gasteiger partial charge in [0, 0.05) is 20.3 Å². The lowest BCUT2D eigenvalue weighted by Gasteiger charge is -2.06. The van der Waals surface area contributed by atoms with Crippen molar-refractivity contribution in [3.05, 3.63) is 57.4 Å². The van der Waals surface area contributed by atoms with E-state index in [1.54, 1.807) is 13.2 Å². The molecule has 4 heteroatoms. The Morgan fingerprint density at radius 1 is 1.00 bits per heavy atom. The van der Waals surface area contributed by atoms with E-state index >= 15 is 0 Å². The molecular formula is C12H12N2O2. The van der Waals surface area contributed by atoms with E-state index in [0.717, 1.165) is 10.1 Å². The van der Waals surface area contributed by atoms with E-state index in [4.69, 9.17) is 0 Å². The summed E-state index contributed by atoms with van der Waals surface area (Å²) in [5, 5.41) is 0. The highest BCUT2D eigenvalue weighted by molar-refractivity contribution is 5.61. The third-order valence-electron chi connectivity index (χ3n) is 2.53. The second-order valence-corrected chi connectivity index (χ2v) is 3.67. The first-order chi connectivity index (χ1) is 7.61. The first-order valence-corrected chi connectivity index (χ1v) is 4.93. The van der Waals surface area contributed by atoms with E-state index in [0.29, 0.717) is 5.56 Å². The van der Waals surface area contributed by atoms with Gasteiger partial charge >= 0.3 is 5.69 Å². The fraction of sp³-hybridized carbons (Fsp3) is 0.167. The van der Waals surface area contributed by atoms with Crippen molar-refractivity contribution in [2.75, 3.05) is 0 Å². The Balaban J connectivity index is 2.78. The van der Waals surface area contributed by atoms with Gasteiger partial charge in [0.1, 0.15) is 0 Å². The summed E-state index contributed by atoms with van der Waals surface area (Å²) in [5.41, 5.74) is 0.767. The Kier molecular flexibility index (Phi) is 2.48. The Hall–Kier alpha value is -2.10. The molecule has 1 aromatic carbocycles. The lowest BCUT2D eigenvalue weighted by atomic mass is 10.1. The molecule has 0 aliphatic rings. The van der Waals surface area contributed by atoms with Gasteiger partial charge < -0.3 is 4.57 Å². The molecule has 0 unspecified atom stereocenters. The van der Waals surface area contributed by atoms with Crippen molar-refractivity contribution in [2.45, 2.75) is 0 Å². The molecule has 0 atom stereocenters. The van der Waals surface area contributed by atoms with Crippen LogP contribution in [-0.2, 0) is 14.1 Å².